The topological polar surface area (TPSA) is 58.4 Å². The summed E-state index contributed by atoms with van der Waals surface area (Å²) in [5, 5.41) is 7.54. The average molecular weight is 370 g/mol. The second-order valence-corrected chi connectivity index (χ2v) is 7.73. The van der Waals surface area contributed by atoms with Gasteiger partial charge < -0.3 is 14.7 Å². The number of aryl methyl sites for hydroxylation is 1. The van der Waals surface area contributed by atoms with Gasteiger partial charge in [0.05, 0.1) is 0 Å². The van der Waals surface area contributed by atoms with Crippen molar-refractivity contribution in [2.24, 2.45) is 11.8 Å². The van der Waals surface area contributed by atoms with Crippen molar-refractivity contribution in [1.29, 1.82) is 0 Å². The van der Waals surface area contributed by atoms with Crippen LogP contribution in [0.3, 0.4) is 0 Å². The Morgan fingerprint density at radius 2 is 2.04 bits per heavy atom. The Hall–Kier alpha value is -2.14. The van der Waals surface area contributed by atoms with Gasteiger partial charge in [-0.15, -0.1) is 0 Å². The predicted octanol–water partition coefficient (Wildman–Crippen LogP) is 3.76. The molecule has 146 valence electrons. The van der Waals surface area contributed by atoms with Gasteiger partial charge in [0.25, 0.3) is 0 Å². The lowest BCUT2D eigenvalue weighted by molar-refractivity contribution is -0.131. The molecule has 1 aliphatic heterocycles. The number of nitrogens with zero attached hydrogens (tertiary/aromatic N) is 2. The first kappa shape index (κ1) is 19.6. The lowest BCUT2D eigenvalue weighted by atomic mass is 9.84. The highest BCUT2D eigenvalue weighted by atomic mass is 16.5. The van der Waals surface area contributed by atoms with Crippen LogP contribution in [0, 0.1) is 11.8 Å². The molecule has 2 aromatic rings. The predicted molar refractivity (Wildman–Crippen MR) is 107 cm³/mol. The summed E-state index contributed by atoms with van der Waals surface area (Å²) in [5.41, 5.74) is 1.93. The summed E-state index contributed by atoms with van der Waals surface area (Å²) < 4.78 is 5.45. The molecule has 0 aliphatic carbocycles. The van der Waals surface area contributed by atoms with E-state index in [1.165, 1.54) is 12.8 Å². The molecule has 2 heterocycles. The summed E-state index contributed by atoms with van der Waals surface area (Å²) in [6.45, 7) is 5.14. The summed E-state index contributed by atoms with van der Waals surface area (Å²) in [5.74, 6) is 2.26. The minimum absolute atomic E-state index is 0.253. The van der Waals surface area contributed by atoms with Crippen LogP contribution in [-0.4, -0.2) is 42.6 Å². The number of aromatic nitrogens is 1. The van der Waals surface area contributed by atoms with Gasteiger partial charge in [0.15, 0.2) is 0 Å². The Morgan fingerprint density at radius 1 is 1.30 bits per heavy atom. The summed E-state index contributed by atoms with van der Waals surface area (Å²) in [4.78, 5) is 14.4. The van der Waals surface area contributed by atoms with Crippen LogP contribution in [0.1, 0.15) is 38.4 Å². The van der Waals surface area contributed by atoms with Crippen molar-refractivity contribution in [3.8, 4) is 11.3 Å². The SMILES string of the molecule is CC(CC(=O)N(C)CCCc1cc(-c2ccccc2)no1)C1CCNCC1. The molecule has 1 saturated heterocycles. The number of benzene rings is 1. The van der Waals surface area contributed by atoms with Crippen LogP contribution >= 0.6 is 0 Å². The van der Waals surface area contributed by atoms with Crippen LogP contribution in [0.4, 0.5) is 0 Å². The van der Waals surface area contributed by atoms with Crippen LogP contribution in [0.5, 0.6) is 0 Å². The number of carbonyl (C=O) groups is 1. The third kappa shape index (κ3) is 5.67. The third-order valence-electron chi connectivity index (χ3n) is 5.66. The van der Waals surface area contributed by atoms with Crippen LogP contribution in [-0.2, 0) is 11.2 Å². The zero-order valence-electron chi connectivity index (χ0n) is 16.5. The molecule has 0 saturated carbocycles. The van der Waals surface area contributed by atoms with E-state index in [4.69, 9.17) is 4.52 Å². The molecular weight excluding hydrogens is 338 g/mol. The third-order valence-corrected chi connectivity index (χ3v) is 5.66. The van der Waals surface area contributed by atoms with Crippen molar-refractivity contribution >= 4 is 5.91 Å². The molecule has 5 nitrogen and oxygen atoms in total. The molecule has 0 spiro atoms. The first-order valence-corrected chi connectivity index (χ1v) is 10.1. The van der Waals surface area contributed by atoms with E-state index < -0.39 is 0 Å². The quantitative estimate of drug-likeness (QED) is 0.770. The smallest absolute Gasteiger partial charge is 0.222 e. The molecule has 5 heteroatoms. The molecule has 1 atom stereocenters. The lowest BCUT2D eigenvalue weighted by Gasteiger charge is -2.29. The van der Waals surface area contributed by atoms with E-state index in [9.17, 15) is 4.79 Å². The van der Waals surface area contributed by atoms with E-state index in [1.807, 2.05) is 48.3 Å². The van der Waals surface area contributed by atoms with E-state index in [0.717, 1.165) is 49.5 Å². The maximum atomic E-state index is 12.5. The Kier molecular flexibility index (Phi) is 7.04. The minimum Gasteiger partial charge on any atom is -0.361 e. The fourth-order valence-corrected chi connectivity index (χ4v) is 3.80. The molecule has 1 amide bonds. The van der Waals surface area contributed by atoms with E-state index in [2.05, 4.69) is 17.4 Å². The Morgan fingerprint density at radius 3 is 2.78 bits per heavy atom. The van der Waals surface area contributed by atoms with Crippen molar-refractivity contribution in [2.75, 3.05) is 26.7 Å². The van der Waals surface area contributed by atoms with Crippen molar-refractivity contribution in [3.05, 3.63) is 42.2 Å². The van der Waals surface area contributed by atoms with Crippen LogP contribution in [0.15, 0.2) is 40.9 Å². The standard InChI is InChI=1S/C22H31N3O2/c1-17(18-10-12-23-13-11-18)15-22(26)25(2)14-6-9-20-16-21(24-27-20)19-7-4-3-5-8-19/h3-5,7-8,16-18,23H,6,9-15H2,1-2H3. The van der Waals surface area contributed by atoms with Gasteiger partial charge in [-0.05, 0) is 44.2 Å². The summed E-state index contributed by atoms with van der Waals surface area (Å²) in [6, 6.07) is 12.0. The number of rotatable bonds is 8. The van der Waals surface area contributed by atoms with Gasteiger partial charge in [0, 0.05) is 38.1 Å². The molecule has 27 heavy (non-hydrogen) atoms. The molecule has 1 fully saturated rings. The number of nitrogens with one attached hydrogen (secondary N) is 1. The van der Waals surface area contributed by atoms with Crippen molar-refractivity contribution < 1.29 is 9.32 Å². The van der Waals surface area contributed by atoms with E-state index in [0.29, 0.717) is 18.3 Å². The minimum atomic E-state index is 0.253. The summed E-state index contributed by atoms with van der Waals surface area (Å²) in [6.07, 6.45) is 4.71. The zero-order chi connectivity index (χ0) is 19.1. The van der Waals surface area contributed by atoms with Gasteiger partial charge >= 0.3 is 0 Å². The number of hydrogen-bond acceptors (Lipinski definition) is 4. The Balaban J connectivity index is 1.40. The molecular formula is C22H31N3O2. The van der Waals surface area contributed by atoms with E-state index in [1.54, 1.807) is 0 Å². The number of piperidine rings is 1. The average Bonchev–Trinajstić information content (AvgIpc) is 3.18. The molecule has 0 bridgehead atoms. The van der Waals surface area contributed by atoms with E-state index in [-0.39, 0.29) is 5.91 Å². The first-order valence-electron chi connectivity index (χ1n) is 10.1. The monoisotopic (exact) mass is 369 g/mol. The van der Waals surface area contributed by atoms with Crippen molar-refractivity contribution in [1.82, 2.24) is 15.4 Å². The maximum absolute atomic E-state index is 12.5. The van der Waals surface area contributed by atoms with Gasteiger partial charge in [-0.1, -0.05) is 42.4 Å². The highest BCUT2D eigenvalue weighted by molar-refractivity contribution is 5.76. The molecule has 1 unspecified atom stereocenters. The second-order valence-electron chi connectivity index (χ2n) is 7.73. The molecule has 0 radical (unpaired) electrons. The van der Waals surface area contributed by atoms with Crippen LogP contribution < -0.4 is 5.32 Å². The molecule has 1 aliphatic rings. The van der Waals surface area contributed by atoms with E-state index >= 15 is 0 Å². The number of hydrogen-bond donors (Lipinski definition) is 1. The Labute approximate surface area is 162 Å². The fourth-order valence-electron chi connectivity index (χ4n) is 3.80. The normalized spacial score (nSPS) is 16.2. The van der Waals surface area contributed by atoms with Crippen molar-refractivity contribution in [3.63, 3.8) is 0 Å². The van der Waals surface area contributed by atoms with Gasteiger partial charge in [-0.25, -0.2) is 0 Å². The largest absolute Gasteiger partial charge is 0.361 e. The summed E-state index contributed by atoms with van der Waals surface area (Å²) >= 11 is 0. The molecule has 3 rings (SSSR count). The molecule has 1 N–H and O–H groups in total. The Bertz CT molecular complexity index is 707. The van der Waals surface area contributed by atoms with Crippen LogP contribution in [0.2, 0.25) is 0 Å². The molecule has 1 aromatic carbocycles. The fraction of sp³-hybridized carbons (Fsp3) is 0.545. The lowest BCUT2D eigenvalue weighted by Crippen LogP contribution is -2.34. The first-order chi connectivity index (χ1) is 13.1. The van der Waals surface area contributed by atoms with Gasteiger partial charge in [0.2, 0.25) is 5.91 Å². The zero-order valence-corrected chi connectivity index (χ0v) is 16.5. The highest BCUT2D eigenvalue weighted by Gasteiger charge is 2.23. The van der Waals surface area contributed by atoms with Gasteiger partial charge in [0.1, 0.15) is 11.5 Å². The highest BCUT2D eigenvalue weighted by Crippen LogP contribution is 2.25. The van der Waals surface area contributed by atoms with Gasteiger partial charge in [-0.3, -0.25) is 4.79 Å². The van der Waals surface area contributed by atoms with Gasteiger partial charge in [-0.2, -0.15) is 0 Å². The number of carbonyl (C=O) groups excluding carboxylic acids is 1. The van der Waals surface area contributed by atoms with Crippen molar-refractivity contribution in [2.45, 2.75) is 39.0 Å². The second kappa shape index (κ2) is 9.70. The van der Waals surface area contributed by atoms with Crippen LogP contribution in [0.25, 0.3) is 11.3 Å². The number of amides is 1. The maximum Gasteiger partial charge on any atom is 0.222 e. The molecule has 1 aromatic heterocycles. The summed E-state index contributed by atoms with van der Waals surface area (Å²) in [7, 11) is 1.91.